The molecule has 8 nitrogen and oxygen atoms in total. The quantitative estimate of drug-likeness (QED) is 0.692. The summed E-state index contributed by atoms with van der Waals surface area (Å²) in [6, 6.07) is 7.43. The Morgan fingerprint density at radius 1 is 1.33 bits per heavy atom. The van der Waals surface area contributed by atoms with Gasteiger partial charge < -0.3 is 24.8 Å². The van der Waals surface area contributed by atoms with Crippen molar-refractivity contribution in [3.63, 3.8) is 0 Å². The molecule has 1 unspecified atom stereocenters. The van der Waals surface area contributed by atoms with Crippen LogP contribution in [0.1, 0.15) is 12.8 Å². The lowest BCUT2D eigenvalue weighted by molar-refractivity contribution is 0.178. The van der Waals surface area contributed by atoms with Crippen LogP contribution in [0.15, 0.2) is 30.6 Å². The minimum atomic E-state index is -0.167. The van der Waals surface area contributed by atoms with Gasteiger partial charge in [-0.3, -0.25) is 0 Å². The van der Waals surface area contributed by atoms with Gasteiger partial charge in [-0.15, -0.1) is 10.2 Å². The first kappa shape index (κ1) is 19.3. The molecule has 1 atom stereocenters. The van der Waals surface area contributed by atoms with Crippen molar-refractivity contribution in [2.75, 3.05) is 45.2 Å². The Labute approximate surface area is 159 Å². The first-order valence-corrected chi connectivity index (χ1v) is 9.36. The van der Waals surface area contributed by atoms with E-state index in [1.165, 1.54) is 0 Å². The molecule has 1 saturated heterocycles. The Morgan fingerprint density at radius 2 is 2.15 bits per heavy atom. The monoisotopic (exact) mass is 372 g/mol. The lowest BCUT2D eigenvalue weighted by Gasteiger charge is -2.16. The van der Waals surface area contributed by atoms with E-state index in [0.717, 1.165) is 56.2 Å². The minimum absolute atomic E-state index is 0.167. The Balaban J connectivity index is 1.40. The van der Waals surface area contributed by atoms with Gasteiger partial charge >= 0.3 is 6.03 Å². The Hall–Kier alpha value is -2.45. The second kappa shape index (κ2) is 9.48. The summed E-state index contributed by atoms with van der Waals surface area (Å²) in [5.74, 6) is 1.30. The summed E-state index contributed by atoms with van der Waals surface area (Å²) < 4.78 is 6.95. The highest BCUT2D eigenvalue weighted by Gasteiger charge is 2.22. The summed E-state index contributed by atoms with van der Waals surface area (Å²) in [6.07, 6.45) is 3.85. The molecule has 146 valence electrons. The van der Waals surface area contributed by atoms with E-state index >= 15 is 0 Å². The molecule has 1 aliphatic rings. The first-order chi connectivity index (χ1) is 13.2. The van der Waals surface area contributed by atoms with Crippen molar-refractivity contribution >= 4 is 11.7 Å². The second-order valence-electron chi connectivity index (χ2n) is 6.98. The molecule has 0 saturated carbocycles. The number of hydrogen-bond acceptors (Lipinski definition) is 5. The fraction of sp³-hybridized carbons (Fsp3) is 0.526. The van der Waals surface area contributed by atoms with E-state index in [0.29, 0.717) is 12.5 Å². The number of urea groups is 1. The van der Waals surface area contributed by atoms with Crippen molar-refractivity contribution in [3.8, 4) is 11.4 Å². The van der Waals surface area contributed by atoms with Gasteiger partial charge in [0.15, 0.2) is 5.82 Å². The molecule has 2 N–H and O–H groups in total. The smallest absolute Gasteiger partial charge is 0.319 e. The van der Waals surface area contributed by atoms with Crippen LogP contribution in [0.2, 0.25) is 0 Å². The number of nitrogens with zero attached hydrogens (tertiary/aromatic N) is 4. The van der Waals surface area contributed by atoms with Crippen LogP contribution in [0, 0.1) is 5.92 Å². The standard InChI is InChI=1S/C19H28N6O2/c1-24-14-21-23-18(24)16-4-6-17(7-5-16)22-19(26)20-12-15-8-10-25(13-15)9-3-11-27-2/h4-7,14-15H,3,8-13H2,1-2H3,(H2,20,22,26). The fourth-order valence-corrected chi connectivity index (χ4v) is 3.37. The van der Waals surface area contributed by atoms with Gasteiger partial charge in [-0.25, -0.2) is 4.79 Å². The number of carbonyl (C=O) groups excluding carboxylic acids is 1. The summed E-state index contributed by atoms with van der Waals surface area (Å²) in [6.45, 7) is 4.70. The molecule has 1 aliphatic heterocycles. The van der Waals surface area contributed by atoms with Crippen LogP contribution in [0.25, 0.3) is 11.4 Å². The van der Waals surface area contributed by atoms with Crippen molar-refractivity contribution in [2.24, 2.45) is 13.0 Å². The average molecular weight is 372 g/mol. The third-order valence-corrected chi connectivity index (χ3v) is 4.86. The van der Waals surface area contributed by atoms with Crippen molar-refractivity contribution < 1.29 is 9.53 Å². The molecule has 1 aromatic heterocycles. The molecule has 1 fully saturated rings. The lowest BCUT2D eigenvalue weighted by atomic mass is 10.1. The van der Waals surface area contributed by atoms with E-state index in [4.69, 9.17) is 4.74 Å². The van der Waals surface area contributed by atoms with Crippen LogP contribution in [-0.2, 0) is 11.8 Å². The molecule has 2 heterocycles. The number of hydrogen-bond donors (Lipinski definition) is 2. The zero-order valence-electron chi connectivity index (χ0n) is 16.0. The normalized spacial score (nSPS) is 17.2. The third kappa shape index (κ3) is 5.51. The highest BCUT2D eigenvalue weighted by atomic mass is 16.5. The van der Waals surface area contributed by atoms with Crippen LogP contribution in [0.5, 0.6) is 0 Å². The van der Waals surface area contributed by atoms with E-state index < -0.39 is 0 Å². The van der Waals surface area contributed by atoms with Crippen molar-refractivity contribution in [2.45, 2.75) is 12.8 Å². The highest BCUT2D eigenvalue weighted by Crippen LogP contribution is 2.19. The summed E-state index contributed by atoms with van der Waals surface area (Å²) in [5, 5.41) is 13.8. The van der Waals surface area contributed by atoms with E-state index in [9.17, 15) is 4.79 Å². The SMILES string of the molecule is COCCCN1CCC(CNC(=O)Nc2ccc(-c3nncn3C)cc2)C1. The number of rotatable bonds is 8. The number of likely N-dealkylation sites (tertiary alicyclic amines) is 1. The van der Waals surface area contributed by atoms with E-state index in [1.54, 1.807) is 13.4 Å². The molecule has 3 rings (SSSR count). The number of aromatic nitrogens is 3. The average Bonchev–Trinajstić information content (AvgIpc) is 3.30. The molecule has 8 heteroatoms. The van der Waals surface area contributed by atoms with E-state index in [1.807, 2.05) is 35.9 Å². The number of carbonyl (C=O) groups is 1. The summed E-state index contributed by atoms with van der Waals surface area (Å²) in [5.41, 5.74) is 1.71. The number of amides is 2. The summed E-state index contributed by atoms with van der Waals surface area (Å²) in [4.78, 5) is 14.6. The molecule has 1 aromatic carbocycles. The predicted octanol–water partition coefficient (Wildman–Crippen LogP) is 1.96. The summed E-state index contributed by atoms with van der Waals surface area (Å²) in [7, 11) is 3.63. The van der Waals surface area contributed by atoms with Gasteiger partial charge in [0.1, 0.15) is 6.33 Å². The molecule has 0 spiro atoms. The maximum Gasteiger partial charge on any atom is 0.319 e. The van der Waals surface area contributed by atoms with Crippen molar-refractivity contribution in [1.29, 1.82) is 0 Å². The van der Waals surface area contributed by atoms with E-state index in [-0.39, 0.29) is 6.03 Å². The second-order valence-corrected chi connectivity index (χ2v) is 6.98. The molecule has 2 aromatic rings. The zero-order valence-corrected chi connectivity index (χ0v) is 16.0. The number of methoxy groups -OCH3 is 1. The van der Waals surface area contributed by atoms with Crippen molar-refractivity contribution in [3.05, 3.63) is 30.6 Å². The summed E-state index contributed by atoms with van der Waals surface area (Å²) >= 11 is 0. The lowest BCUT2D eigenvalue weighted by Crippen LogP contribution is -2.34. The maximum atomic E-state index is 12.2. The zero-order chi connectivity index (χ0) is 19.1. The van der Waals surface area contributed by atoms with Gasteiger partial charge in [-0.2, -0.15) is 0 Å². The fourth-order valence-electron chi connectivity index (χ4n) is 3.37. The molecule has 27 heavy (non-hydrogen) atoms. The Morgan fingerprint density at radius 3 is 2.85 bits per heavy atom. The van der Waals surface area contributed by atoms with Gasteiger partial charge in [-0.05, 0) is 49.6 Å². The highest BCUT2D eigenvalue weighted by molar-refractivity contribution is 5.89. The number of ether oxygens (including phenoxy) is 1. The van der Waals surface area contributed by atoms with Crippen molar-refractivity contribution in [1.82, 2.24) is 25.0 Å². The van der Waals surface area contributed by atoms with E-state index in [2.05, 4.69) is 25.7 Å². The van der Waals surface area contributed by atoms with Crippen LogP contribution in [-0.4, -0.2) is 65.6 Å². The minimum Gasteiger partial charge on any atom is -0.385 e. The van der Waals surface area contributed by atoms with Crippen LogP contribution < -0.4 is 10.6 Å². The van der Waals surface area contributed by atoms with Crippen LogP contribution >= 0.6 is 0 Å². The number of anilines is 1. The number of aryl methyl sites for hydroxylation is 1. The molecular formula is C19H28N6O2. The van der Waals surface area contributed by atoms with Crippen LogP contribution in [0.4, 0.5) is 10.5 Å². The van der Waals surface area contributed by atoms with Crippen LogP contribution in [0.3, 0.4) is 0 Å². The largest absolute Gasteiger partial charge is 0.385 e. The Kier molecular flexibility index (Phi) is 6.78. The number of nitrogens with one attached hydrogen (secondary N) is 2. The maximum absolute atomic E-state index is 12.2. The topological polar surface area (TPSA) is 84.3 Å². The van der Waals surface area contributed by atoms with Gasteiger partial charge in [0.05, 0.1) is 0 Å². The molecule has 0 aliphatic carbocycles. The molecule has 0 radical (unpaired) electrons. The van der Waals surface area contributed by atoms with Gasteiger partial charge in [0, 0.05) is 51.6 Å². The third-order valence-electron chi connectivity index (χ3n) is 4.86. The molecule has 2 amide bonds. The van der Waals surface area contributed by atoms with Gasteiger partial charge in [0.2, 0.25) is 0 Å². The molecule has 0 bridgehead atoms. The molecular weight excluding hydrogens is 344 g/mol. The Bertz CT molecular complexity index is 730. The van der Waals surface area contributed by atoms with Gasteiger partial charge in [-0.1, -0.05) is 0 Å². The first-order valence-electron chi connectivity index (χ1n) is 9.36. The number of benzene rings is 1. The predicted molar refractivity (Wildman–Crippen MR) is 105 cm³/mol. The van der Waals surface area contributed by atoms with Gasteiger partial charge in [0.25, 0.3) is 0 Å².